The lowest BCUT2D eigenvalue weighted by atomic mass is 10.3. The molecule has 1 N–H and O–H groups in total. The minimum atomic E-state index is 0.204. The number of hydrogen-bond donors (Lipinski definition) is 1. The summed E-state index contributed by atoms with van der Waals surface area (Å²) in [5.74, 6) is 4.46. The highest BCUT2D eigenvalue weighted by Crippen LogP contribution is 2.47. The Kier molecular flexibility index (Phi) is 3.91. The van der Waals surface area contributed by atoms with E-state index >= 15 is 0 Å². The maximum atomic E-state index is 5.89. The second kappa shape index (κ2) is 5.84. The number of benzene rings is 1. The molecule has 112 valence electrons. The highest BCUT2D eigenvalue weighted by Gasteiger charge is 2.36. The van der Waals surface area contributed by atoms with Crippen LogP contribution in [-0.4, -0.2) is 6.10 Å². The Bertz CT molecular complexity index is 586. The first kappa shape index (κ1) is 14.1. The van der Waals surface area contributed by atoms with Crippen molar-refractivity contribution in [2.45, 2.75) is 45.8 Å². The predicted molar refractivity (Wildman–Crippen MR) is 84.8 cm³/mol. The molecule has 0 amide bonds. The van der Waals surface area contributed by atoms with Crippen molar-refractivity contribution in [2.75, 3.05) is 5.32 Å². The molecule has 1 aliphatic carbocycles. The lowest BCUT2D eigenvalue weighted by Crippen LogP contribution is -2.05. The van der Waals surface area contributed by atoms with Gasteiger partial charge in [0, 0.05) is 11.6 Å². The van der Waals surface area contributed by atoms with Gasteiger partial charge in [0.25, 0.3) is 0 Å². The van der Waals surface area contributed by atoms with Crippen LogP contribution in [0.25, 0.3) is 0 Å². The molecule has 1 saturated carbocycles. The highest BCUT2D eigenvalue weighted by atomic mass is 16.5. The van der Waals surface area contributed by atoms with Crippen LogP contribution in [0, 0.1) is 5.92 Å². The fourth-order valence-electron chi connectivity index (χ4n) is 2.52. The van der Waals surface area contributed by atoms with Gasteiger partial charge in [-0.3, -0.25) is 0 Å². The zero-order chi connectivity index (χ0) is 14.8. The molecular formula is C18H23NO2. The fraction of sp³-hybridized carbons (Fsp3) is 0.444. The Hall–Kier alpha value is -1.90. The van der Waals surface area contributed by atoms with Crippen molar-refractivity contribution < 1.29 is 9.15 Å². The Morgan fingerprint density at radius 1 is 1.19 bits per heavy atom. The largest absolute Gasteiger partial charge is 0.491 e. The van der Waals surface area contributed by atoms with Crippen molar-refractivity contribution in [1.82, 2.24) is 0 Å². The molecule has 2 atom stereocenters. The lowest BCUT2D eigenvalue weighted by molar-refractivity contribution is 0.242. The Labute approximate surface area is 126 Å². The summed E-state index contributed by atoms with van der Waals surface area (Å²) < 4.78 is 11.5. The van der Waals surface area contributed by atoms with Crippen molar-refractivity contribution in [3.8, 4) is 5.75 Å². The molecule has 0 spiro atoms. The summed E-state index contributed by atoms with van der Waals surface area (Å²) in [7, 11) is 0. The summed E-state index contributed by atoms with van der Waals surface area (Å²) in [6, 6.07) is 12.2. The average molecular weight is 285 g/mol. The molecule has 1 aromatic carbocycles. The molecule has 2 unspecified atom stereocenters. The number of hydrogen-bond acceptors (Lipinski definition) is 3. The Morgan fingerprint density at radius 2 is 1.90 bits per heavy atom. The number of furan rings is 1. The van der Waals surface area contributed by atoms with Gasteiger partial charge >= 0.3 is 0 Å². The van der Waals surface area contributed by atoms with Gasteiger partial charge in [-0.25, -0.2) is 0 Å². The van der Waals surface area contributed by atoms with Crippen LogP contribution >= 0.6 is 0 Å². The highest BCUT2D eigenvalue weighted by molar-refractivity contribution is 5.46. The second-order valence-electron chi connectivity index (χ2n) is 6.17. The summed E-state index contributed by atoms with van der Waals surface area (Å²) in [6.45, 7) is 7.04. The van der Waals surface area contributed by atoms with Gasteiger partial charge in [0.05, 0.1) is 12.6 Å². The van der Waals surface area contributed by atoms with Gasteiger partial charge in [-0.1, -0.05) is 6.92 Å². The maximum absolute atomic E-state index is 5.89. The molecule has 0 aliphatic heterocycles. The van der Waals surface area contributed by atoms with Crippen molar-refractivity contribution >= 4 is 5.69 Å². The van der Waals surface area contributed by atoms with Crippen LogP contribution in [-0.2, 0) is 6.54 Å². The predicted octanol–water partition coefficient (Wildman–Crippen LogP) is 4.80. The van der Waals surface area contributed by atoms with E-state index in [9.17, 15) is 0 Å². The average Bonchev–Trinajstić information content (AvgIpc) is 3.00. The topological polar surface area (TPSA) is 34.4 Å². The minimum absolute atomic E-state index is 0.204. The van der Waals surface area contributed by atoms with Crippen LogP contribution in [0.15, 0.2) is 40.8 Å². The van der Waals surface area contributed by atoms with E-state index in [2.05, 4.69) is 24.4 Å². The Morgan fingerprint density at radius 3 is 2.52 bits per heavy atom. The van der Waals surface area contributed by atoms with E-state index < -0.39 is 0 Å². The van der Waals surface area contributed by atoms with E-state index in [1.807, 2.05) is 38.1 Å². The number of anilines is 1. The molecule has 0 saturated heterocycles. The third kappa shape index (κ3) is 3.60. The van der Waals surface area contributed by atoms with E-state index in [1.54, 1.807) is 0 Å². The molecule has 0 radical (unpaired) electrons. The first-order chi connectivity index (χ1) is 10.1. The quantitative estimate of drug-likeness (QED) is 0.827. The third-order valence-electron chi connectivity index (χ3n) is 3.85. The van der Waals surface area contributed by atoms with E-state index in [0.29, 0.717) is 12.5 Å². The van der Waals surface area contributed by atoms with Gasteiger partial charge in [-0.05, 0) is 62.6 Å². The van der Waals surface area contributed by atoms with Crippen LogP contribution in [0.2, 0.25) is 0 Å². The smallest absolute Gasteiger partial charge is 0.123 e. The zero-order valence-corrected chi connectivity index (χ0v) is 12.9. The first-order valence-corrected chi connectivity index (χ1v) is 7.71. The molecule has 3 rings (SSSR count). The van der Waals surface area contributed by atoms with Gasteiger partial charge in [-0.15, -0.1) is 0 Å². The van der Waals surface area contributed by atoms with Crippen molar-refractivity contribution in [3.05, 3.63) is 47.9 Å². The summed E-state index contributed by atoms with van der Waals surface area (Å²) in [6.07, 6.45) is 1.47. The summed E-state index contributed by atoms with van der Waals surface area (Å²) in [5.41, 5.74) is 1.07. The van der Waals surface area contributed by atoms with Gasteiger partial charge in [0.15, 0.2) is 0 Å². The molecule has 3 heteroatoms. The van der Waals surface area contributed by atoms with Crippen LogP contribution in [0.4, 0.5) is 5.69 Å². The van der Waals surface area contributed by atoms with E-state index in [0.717, 1.165) is 28.9 Å². The normalized spacial score (nSPS) is 20.6. The number of nitrogens with one attached hydrogen (secondary N) is 1. The minimum Gasteiger partial charge on any atom is -0.491 e. The SMILES string of the molecule is CC(C)Oc1ccc(NCc2ccc(C3CC3C)o2)cc1. The van der Waals surface area contributed by atoms with Crippen LogP contribution < -0.4 is 10.1 Å². The monoisotopic (exact) mass is 285 g/mol. The number of rotatable bonds is 6. The molecule has 21 heavy (non-hydrogen) atoms. The van der Waals surface area contributed by atoms with Crippen LogP contribution in [0.5, 0.6) is 5.75 Å². The molecular weight excluding hydrogens is 262 g/mol. The lowest BCUT2D eigenvalue weighted by Gasteiger charge is -2.10. The van der Waals surface area contributed by atoms with E-state index in [1.165, 1.54) is 6.42 Å². The van der Waals surface area contributed by atoms with Gasteiger partial charge in [0.1, 0.15) is 17.3 Å². The Balaban J connectivity index is 1.53. The molecule has 3 nitrogen and oxygen atoms in total. The van der Waals surface area contributed by atoms with Crippen molar-refractivity contribution in [3.63, 3.8) is 0 Å². The van der Waals surface area contributed by atoms with Crippen LogP contribution in [0.3, 0.4) is 0 Å². The molecule has 0 bridgehead atoms. The van der Waals surface area contributed by atoms with Gasteiger partial charge in [0.2, 0.25) is 0 Å². The molecule has 1 fully saturated rings. The summed E-state index contributed by atoms with van der Waals surface area (Å²) in [4.78, 5) is 0. The molecule has 2 aromatic rings. The zero-order valence-electron chi connectivity index (χ0n) is 12.9. The second-order valence-corrected chi connectivity index (χ2v) is 6.17. The number of ether oxygens (including phenoxy) is 1. The summed E-state index contributed by atoms with van der Waals surface area (Å²) >= 11 is 0. The van der Waals surface area contributed by atoms with E-state index in [4.69, 9.17) is 9.15 Å². The molecule has 1 aromatic heterocycles. The maximum Gasteiger partial charge on any atom is 0.123 e. The molecule has 1 heterocycles. The van der Waals surface area contributed by atoms with Crippen molar-refractivity contribution in [2.24, 2.45) is 5.92 Å². The summed E-state index contributed by atoms with van der Waals surface area (Å²) in [5, 5.41) is 3.38. The standard InChI is InChI=1S/C18H23NO2/c1-12(2)20-15-6-4-14(5-7-15)19-11-16-8-9-18(21-16)17-10-13(17)3/h4-9,12-13,17,19H,10-11H2,1-3H3. The van der Waals surface area contributed by atoms with Gasteiger partial charge < -0.3 is 14.5 Å². The fourth-order valence-corrected chi connectivity index (χ4v) is 2.52. The van der Waals surface area contributed by atoms with E-state index in [-0.39, 0.29) is 6.10 Å². The van der Waals surface area contributed by atoms with Crippen molar-refractivity contribution in [1.29, 1.82) is 0 Å². The van der Waals surface area contributed by atoms with Gasteiger partial charge in [-0.2, -0.15) is 0 Å². The molecule has 1 aliphatic rings. The third-order valence-corrected chi connectivity index (χ3v) is 3.85. The first-order valence-electron chi connectivity index (χ1n) is 7.71. The van der Waals surface area contributed by atoms with Crippen LogP contribution in [0.1, 0.15) is 44.6 Å².